The highest BCUT2D eigenvalue weighted by molar-refractivity contribution is 7.99. The van der Waals surface area contributed by atoms with Gasteiger partial charge >= 0.3 is 5.97 Å². The summed E-state index contributed by atoms with van der Waals surface area (Å²) in [6.07, 6.45) is 15.1. The zero-order valence-electron chi connectivity index (χ0n) is 31.9. The molecule has 0 aliphatic rings. The highest BCUT2D eigenvalue weighted by atomic mass is 32.2. The van der Waals surface area contributed by atoms with E-state index in [1.807, 2.05) is 0 Å². The number of anilines is 3. The molecule has 3 aromatic rings. The van der Waals surface area contributed by atoms with Crippen molar-refractivity contribution in [2.45, 2.75) is 122 Å². The Morgan fingerprint density at radius 3 is 2.15 bits per heavy atom. The van der Waals surface area contributed by atoms with Crippen LogP contribution in [0.15, 0.2) is 24.3 Å². The van der Waals surface area contributed by atoms with E-state index in [2.05, 4.69) is 44.7 Å². The molecule has 2 aromatic heterocycles. The topological polar surface area (TPSA) is 244 Å². The molecule has 3 rings (SSSR count). The first-order chi connectivity index (χ1) is 26.1. The Bertz CT molecular complexity index is 1590. The maximum atomic E-state index is 12.9. The van der Waals surface area contributed by atoms with E-state index in [1.54, 1.807) is 24.3 Å². The predicted molar refractivity (Wildman–Crippen MR) is 215 cm³/mol. The van der Waals surface area contributed by atoms with E-state index in [0.717, 1.165) is 37.7 Å². The van der Waals surface area contributed by atoms with Gasteiger partial charge in [-0.2, -0.15) is 26.7 Å². The van der Waals surface area contributed by atoms with E-state index in [1.165, 1.54) is 61.3 Å². The third-order valence-corrected chi connectivity index (χ3v) is 10.4. The SMILES string of the molecule is CCCCCCCCCCCCC(CCSC[C@H](N)C(=O)N[C@@H](CO)C(=O)Nc1ccc(Cn2c(O)nc3c(N)nc(NCCCC)nc32)cc1)C(=O)O. The fraction of sp³-hybridized carbons (Fsp3) is 0.632. The standard InChI is InChI=1S/C38H61N9O6S/c1-3-5-7-8-9-10-11-12-13-14-15-27(36(51)52)20-22-54-25-29(39)34(49)43-30(24-48)35(50)42-28-18-16-26(17-19-28)23-47-33-31(44-38(47)53)32(40)45-37(46-33)41-21-6-4-2/h16-19,27,29-30,48H,3-15,20-25,39H2,1-2H3,(H,42,50)(H,43,49)(H,44,53)(H,51,52)(H3,40,41,45,46)/t27?,29-,30-/m0/s1. The number of nitrogen functional groups attached to an aromatic ring is 1. The van der Waals surface area contributed by atoms with Crippen molar-refractivity contribution in [3.8, 4) is 6.01 Å². The van der Waals surface area contributed by atoms with Gasteiger partial charge in [-0.25, -0.2) is 0 Å². The first kappa shape index (κ1) is 44.2. The first-order valence-corrected chi connectivity index (χ1v) is 20.6. The number of benzene rings is 1. The van der Waals surface area contributed by atoms with Crippen LogP contribution in [0.2, 0.25) is 0 Å². The third kappa shape index (κ3) is 14.9. The number of imidazole rings is 1. The van der Waals surface area contributed by atoms with Crippen molar-refractivity contribution >= 4 is 58.2 Å². The van der Waals surface area contributed by atoms with E-state index in [-0.39, 0.29) is 29.6 Å². The molecule has 1 unspecified atom stereocenters. The number of amides is 2. The number of carboxylic acids is 1. The van der Waals surface area contributed by atoms with Crippen LogP contribution >= 0.6 is 11.8 Å². The molecule has 2 amide bonds. The summed E-state index contributed by atoms with van der Waals surface area (Å²) in [5.74, 6) is -1.15. The summed E-state index contributed by atoms with van der Waals surface area (Å²) >= 11 is 1.40. The molecule has 10 N–H and O–H groups in total. The van der Waals surface area contributed by atoms with Crippen molar-refractivity contribution in [1.82, 2.24) is 24.8 Å². The fourth-order valence-electron chi connectivity index (χ4n) is 5.97. The fourth-order valence-corrected chi connectivity index (χ4v) is 6.99. The number of unbranched alkanes of at least 4 members (excludes halogenated alkanes) is 10. The predicted octanol–water partition coefficient (Wildman–Crippen LogP) is 5.25. The lowest BCUT2D eigenvalue weighted by Gasteiger charge is -2.19. The Hall–Kier alpha value is -4.15. The van der Waals surface area contributed by atoms with Gasteiger partial charge in [0.25, 0.3) is 6.01 Å². The molecular formula is C38H61N9O6S. The summed E-state index contributed by atoms with van der Waals surface area (Å²) in [5, 5.41) is 38.4. The molecule has 16 heteroatoms. The van der Waals surface area contributed by atoms with E-state index in [4.69, 9.17) is 11.5 Å². The van der Waals surface area contributed by atoms with E-state index < -0.39 is 42.4 Å². The van der Waals surface area contributed by atoms with Crippen LogP contribution in [0.5, 0.6) is 6.01 Å². The Morgan fingerprint density at radius 1 is 0.870 bits per heavy atom. The lowest BCUT2D eigenvalue weighted by molar-refractivity contribution is -0.142. The number of aromatic nitrogens is 4. The molecule has 0 spiro atoms. The minimum absolute atomic E-state index is 0.148. The quantitative estimate of drug-likeness (QED) is 0.0440. The van der Waals surface area contributed by atoms with Gasteiger partial charge in [-0.1, -0.05) is 96.6 Å². The number of carbonyl (C=O) groups excluding carboxylic acids is 2. The number of aliphatic hydroxyl groups is 1. The first-order valence-electron chi connectivity index (χ1n) is 19.4. The normalized spacial score (nSPS) is 13.0. The zero-order valence-corrected chi connectivity index (χ0v) is 32.7. The third-order valence-electron chi connectivity index (χ3n) is 9.29. The van der Waals surface area contributed by atoms with Gasteiger partial charge in [-0.15, -0.1) is 0 Å². The molecule has 3 atom stereocenters. The van der Waals surface area contributed by atoms with Crippen LogP contribution in [0.4, 0.5) is 17.5 Å². The minimum Gasteiger partial charge on any atom is -0.481 e. The highest BCUT2D eigenvalue weighted by Gasteiger charge is 2.24. The second kappa shape index (κ2) is 24.3. The van der Waals surface area contributed by atoms with Gasteiger partial charge in [-0.3, -0.25) is 19.0 Å². The number of aliphatic hydroxyl groups excluding tert-OH is 1. The summed E-state index contributed by atoms with van der Waals surface area (Å²) in [6.45, 7) is 4.55. The number of aromatic hydroxyl groups is 1. The van der Waals surface area contributed by atoms with Crippen LogP contribution in [0.1, 0.15) is 109 Å². The molecular weight excluding hydrogens is 711 g/mol. The highest BCUT2D eigenvalue weighted by Crippen LogP contribution is 2.26. The minimum atomic E-state index is -1.23. The van der Waals surface area contributed by atoms with Gasteiger partial charge in [-0.05, 0) is 42.7 Å². The van der Waals surface area contributed by atoms with E-state index >= 15 is 0 Å². The molecule has 0 aliphatic carbocycles. The summed E-state index contributed by atoms with van der Waals surface area (Å²) in [5.41, 5.74) is 14.0. The van der Waals surface area contributed by atoms with Gasteiger partial charge in [0.05, 0.1) is 25.1 Å². The van der Waals surface area contributed by atoms with Crippen molar-refractivity contribution < 1.29 is 29.7 Å². The molecule has 54 heavy (non-hydrogen) atoms. The number of fused-ring (bicyclic) bond motifs is 1. The van der Waals surface area contributed by atoms with Crippen molar-refractivity contribution in [1.29, 1.82) is 0 Å². The number of nitrogens with zero attached hydrogens (tertiary/aromatic N) is 4. The Morgan fingerprint density at radius 2 is 1.52 bits per heavy atom. The Labute approximate surface area is 322 Å². The van der Waals surface area contributed by atoms with Gasteiger partial charge in [0.15, 0.2) is 17.0 Å². The van der Waals surface area contributed by atoms with Gasteiger partial charge in [0, 0.05) is 18.0 Å². The van der Waals surface area contributed by atoms with Crippen molar-refractivity contribution in [3.05, 3.63) is 29.8 Å². The number of hydrogen-bond donors (Lipinski definition) is 8. The van der Waals surface area contributed by atoms with Gasteiger partial charge < -0.3 is 42.7 Å². The molecule has 1 aromatic carbocycles. The Balaban J connectivity index is 1.41. The monoisotopic (exact) mass is 771 g/mol. The van der Waals surface area contributed by atoms with Crippen molar-refractivity contribution in [3.63, 3.8) is 0 Å². The number of carbonyl (C=O) groups is 3. The summed E-state index contributed by atoms with van der Waals surface area (Å²) in [6, 6.07) is 4.37. The largest absolute Gasteiger partial charge is 0.481 e. The van der Waals surface area contributed by atoms with Gasteiger partial charge in [0.1, 0.15) is 6.04 Å². The maximum absolute atomic E-state index is 12.9. The lowest BCUT2D eigenvalue weighted by atomic mass is 9.98. The molecule has 0 saturated carbocycles. The van der Waals surface area contributed by atoms with Crippen molar-refractivity contribution in [2.24, 2.45) is 11.7 Å². The average Bonchev–Trinajstić information content (AvgIpc) is 3.47. The van der Waals surface area contributed by atoms with Crippen LogP contribution in [0.3, 0.4) is 0 Å². The van der Waals surface area contributed by atoms with Crippen molar-refractivity contribution in [2.75, 3.05) is 41.0 Å². The lowest BCUT2D eigenvalue weighted by Crippen LogP contribution is -2.52. The van der Waals surface area contributed by atoms with E-state index in [9.17, 15) is 29.7 Å². The molecule has 0 saturated heterocycles. The molecule has 0 bridgehead atoms. The van der Waals surface area contributed by atoms with E-state index in [0.29, 0.717) is 42.4 Å². The molecule has 0 fully saturated rings. The van der Waals surface area contributed by atoms with Crippen LogP contribution in [0, 0.1) is 5.92 Å². The number of rotatable bonds is 28. The van der Waals surface area contributed by atoms with Crippen LogP contribution < -0.4 is 27.4 Å². The molecule has 300 valence electrons. The number of thioether (sulfide) groups is 1. The second-order valence-corrected chi connectivity index (χ2v) is 14.9. The van der Waals surface area contributed by atoms with Gasteiger partial charge in [0.2, 0.25) is 17.8 Å². The number of carboxylic acid groups (broad SMARTS) is 1. The van der Waals surface area contributed by atoms with Crippen LogP contribution in [-0.4, -0.2) is 89.4 Å². The molecule has 2 heterocycles. The van der Waals surface area contributed by atoms with Crippen LogP contribution in [-0.2, 0) is 20.9 Å². The molecule has 15 nitrogen and oxygen atoms in total. The number of nitrogens with one attached hydrogen (secondary N) is 3. The van der Waals surface area contributed by atoms with Crippen LogP contribution in [0.25, 0.3) is 11.2 Å². The molecule has 0 aliphatic heterocycles. The Kier molecular flexibility index (Phi) is 19.9. The summed E-state index contributed by atoms with van der Waals surface area (Å²) < 4.78 is 1.51. The summed E-state index contributed by atoms with van der Waals surface area (Å²) in [4.78, 5) is 50.3. The zero-order chi connectivity index (χ0) is 39.3. The number of nitrogens with two attached hydrogens (primary N) is 2. The number of hydrogen-bond acceptors (Lipinski definition) is 12. The average molecular weight is 772 g/mol. The summed E-state index contributed by atoms with van der Waals surface area (Å²) in [7, 11) is 0. The maximum Gasteiger partial charge on any atom is 0.306 e. The number of aliphatic carboxylic acids is 1. The smallest absolute Gasteiger partial charge is 0.306 e. The molecule has 0 radical (unpaired) electrons. The second-order valence-electron chi connectivity index (χ2n) is 13.8.